The Labute approximate surface area is 143 Å². The average Bonchev–Trinajstić information content (AvgIpc) is 2.54. The fourth-order valence-corrected chi connectivity index (χ4v) is 3.38. The predicted octanol–water partition coefficient (Wildman–Crippen LogP) is 2.63. The Kier molecular flexibility index (Phi) is 5.29. The number of anilines is 1. The van der Waals surface area contributed by atoms with E-state index in [2.05, 4.69) is 5.32 Å². The largest absolute Gasteiger partial charge is 0.355 e. The minimum atomic E-state index is -3.43. The molecule has 1 amide bonds. The van der Waals surface area contributed by atoms with Gasteiger partial charge >= 0.3 is 0 Å². The maximum atomic E-state index is 12.3. The van der Waals surface area contributed by atoms with Crippen molar-refractivity contribution in [2.75, 3.05) is 17.6 Å². The van der Waals surface area contributed by atoms with Gasteiger partial charge in [0, 0.05) is 12.6 Å². The van der Waals surface area contributed by atoms with Gasteiger partial charge in [0.2, 0.25) is 10.0 Å². The number of hydrogen-bond donors (Lipinski definition) is 1. The van der Waals surface area contributed by atoms with Gasteiger partial charge in [0.15, 0.2) is 0 Å². The van der Waals surface area contributed by atoms with Crippen molar-refractivity contribution < 1.29 is 13.2 Å². The molecule has 0 fully saturated rings. The molecule has 5 nitrogen and oxygen atoms in total. The third-order valence-electron chi connectivity index (χ3n) is 3.80. The number of nitrogens with zero attached hydrogens (tertiary/aromatic N) is 1. The highest BCUT2D eigenvalue weighted by Crippen LogP contribution is 2.26. The van der Waals surface area contributed by atoms with Crippen molar-refractivity contribution in [1.82, 2.24) is 5.32 Å². The summed E-state index contributed by atoms with van der Waals surface area (Å²) < 4.78 is 26.0. The van der Waals surface area contributed by atoms with Crippen LogP contribution in [0.2, 0.25) is 0 Å². The number of carbonyl (C=O) groups is 1. The minimum Gasteiger partial charge on any atom is -0.355 e. The molecule has 0 aliphatic heterocycles. The van der Waals surface area contributed by atoms with Gasteiger partial charge in [-0.3, -0.25) is 9.10 Å². The van der Waals surface area contributed by atoms with Crippen LogP contribution in [-0.2, 0) is 16.6 Å². The third kappa shape index (κ3) is 4.14. The maximum Gasteiger partial charge on any atom is 0.251 e. The summed E-state index contributed by atoms with van der Waals surface area (Å²) in [7, 11) is -1.86. The van der Waals surface area contributed by atoms with Gasteiger partial charge in [-0.05, 0) is 48.7 Å². The zero-order valence-corrected chi connectivity index (χ0v) is 15.1. The molecule has 0 aliphatic rings. The Morgan fingerprint density at radius 1 is 1.08 bits per heavy atom. The summed E-state index contributed by atoms with van der Waals surface area (Å²) in [4.78, 5) is 11.6. The molecule has 0 saturated carbocycles. The van der Waals surface area contributed by atoms with Gasteiger partial charge in [-0.2, -0.15) is 0 Å². The maximum absolute atomic E-state index is 12.3. The van der Waals surface area contributed by atoms with E-state index < -0.39 is 10.0 Å². The molecule has 0 bridgehead atoms. The molecule has 6 heteroatoms. The Balaban J connectivity index is 2.37. The van der Waals surface area contributed by atoms with Crippen molar-refractivity contribution in [1.29, 1.82) is 0 Å². The van der Waals surface area contributed by atoms with Crippen LogP contribution in [0.25, 0.3) is 0 Å². The number of nitrogens with one attached hydrogen (secondary N) is 1. The van der Waals surface area contributed by atoms with E-state index in [0.717, 1.165) is 16.7 Å². The highest BCUT2D eigenvalue weighted by atomic mass is 32.2. The second-order valence-electron chi connectivity index (χ2n) is 5.84. The van der Waals surface area contributed by atoms with Crippen LogP contribution in [-0.4, -0.2) is 27.6 Å². The lowest BCUT2D eigenvalue weighted by atomic mass is 10.1. The lowest BCUT2D eigenvalue weighted by Gasteiger charge is -2.25. The molecule has 0 unspecified atom stereocenters. The van der Waals surface area contributed by atoms with Gasteiger partial charge in [-0.1, -0.05) is 24.3 Å². The van der Waals surface area contributed by atoms with Crippen LogP contribution in [0.5, 0.6) is 0 Å². The third-order valence-corrected chi connectivity index (χ3v) is 4.93. The quantitative estimate of drug-likeness (QED) is 0.905. The molecule has 0 radical (unpaired) electrons. The van der Waals surface area contributed by atoms with E-state index in [1.165, 1.54) is 10.6 Å². The van der Waals surface area contributed by atoms with Gasteiger partial charge in [0.1, 0.15) is 0 Å². The first-order chi connectivity index (χ1) is 11.2. The number of carbonyl (C=O) groups excluding carboxylic acids is 1. The molecule has 1 N–H and O–H groups in total. The van der Waals surface area contributed by atoms with Crippen molar-refractivity contribution in [3.8, 4) is 0 Å². The van der Waals surface area contributed by atoms with Crippen LogP contribution in [0.4, 0.5) is 5.69 Å². The van der Waals surface area contributed by atoms with Crippen molar-refractivity contribution in [2.24, 2.45) is 0 Å². The molecule has 0 saturated heterocycles. The van der Waals surface area contributed by atoms with Crippen molar-refractivity contribution >= 4 is 21.6 Å². The Bertz CT molecular complexity index is 843. The summed E-state index contributed by atoms with van der Waals surface area (Å²) in [5.74, 6) is -0.170. The van der Waals surface area contributed by atoms with E-state index in [0.29, 0.717) is 11.3 Å². The first-order valence-corrected chi connectivity index (χ1v) is 9.43. The molecule has 2 rings (SSSR count). The second-order valence-corrected chi connectivity index (χ2v) is 7.74. The fourth-order valence-electron chi connectivity index (χ4n) is 2.44. The zero-order chi connectivity index (χ0) is 17.9. The minimum absolute atomic E-state index is 0.170. The molecule has 128 valence electrons. The lowest BCUT2D eigenvalue weighted by Crippen LogP contribution is -2.30. The van der Waals surface area contributed by atoms with Gasteiger partial charge in [0.05, 0.1) is 18.5 Å². The van der Waals surface area contributed by atoms with Gasteiger partial charge in [-0.15, -0.1) is 0 Å². The topological polar surface area (TPSA) is 66.5 Å². The molecule has 2 aromatic carbocycles. The highest BCUT2D eigenvalue weighted by Gasteiger charge is 2.20. The van der Waals surface area contributed by atoms with Crippen LogP contribution in [0.3, 0.4) is 0 Å². The number of sulfonamides is 1. The van der Waals surface area contributed by atoms with Gasteiger partial charge in [0.25, 0.3) is 5.91 Å². The molecule has 0 heterocycles. The predicted molar refractivity (Wildman–Crippen MR) is 96.8 cm³/mol. The molecule has 0 atom stereocenters. The summed E-state index contributed by atoms with van der Waals surface area (Å²) in [6, 6.07) is 12.7. The van der Waals surface area contributed by atoms with E-state index in [1.54, 1.807) is 31.3 Å². The summed E-state index contributed by atoms with van der Waals surface area (Å²) in [5.41, 5.74) is 3.92. The van der Waals surface area contributed by atoms with Gasteiger partial charge in [-0.25, -0.2) is 8.42 Å². The first kappa shape index (κ1) is 18.0. The van der Waals surface area contributed by atoms with Crippen LogP contribution >= 0.6 is 0 Å². The number of hydrogen-bond acceptors (Lipinski definition) is 3. The number of benzene rings is 2. The van der Waals surface area contributed by atoms with E-state index in [1.807, 2.05) is 32.0 Å². The standard InChI is InChI=1S/C18H22N2O3S/c1-13-5-6-14(2)17(11-13)20(24(4,22)23)12-15-7-9-16(10-8-15)18(21)19-3/h5-11H,12H2,1-4H3,(H,19,21). The summed E-state index contributed by atoms with van der Waals surface area (Å²) in [5, 5.41) is 2.56. The lowest BCUT2D eigenvalue weighted by molar-refractivity contribution is 0.0963. The number of rotatable bonds is 5. The molecule has 0 aliphatic carbocycles. The average molecular weight is 346 g/mol. The monoisotopic (exact) mass is 346 g/mol. The van der Waals surface area contributed by atoms with E-state index >= 15 is 0 Å². The van der Waals surface area contributed by atoms with Crippen LogP contribution < -0.4 is 9.62 Å². The second kappa shape index (κ2) is 7.05. The Morgan fingerprint density at radius 3 is 2.25 bits per heavy atom. The van der Waals surface area contributed by atoms with Gasteiger partial charge < -0.3 is 5.32 Å². The first-order valence-electron chi connectivity index (χ1n) is 7.58. The van der Waals surface area contributed by atoms with E-state index in [9.17, 15) is 13.2 Å². The summed E-state index contributed by atoms with van der Waals surface area (Å²) in [6.45, 7) is 4.04. The molecule has 0 aromatic heterocycles. The number of amides is 1. The SMILES string of the molecule is CNC(=O)c1ccc(CN(c2cc(C)ccc2C)S(C)(=O)=O)cc1. The summed E-state index contributed by atoms with van der Waals surface area (Å²) >= 11 is 0. The van der Waals surface area contributed by atoms with E-state index in [4.69, 9.17) is 0 Å². The van der Waals surface area contributed by atoms with Crippen LogP contribution in [0.1, 0.15) is 27.0 Å². The fraction of sp³-hybridized carbons (Fsp3) is 0.278. The Hall–Kier alpha value is -2.34. The van der Waals surface area contributed by atoms with Crippen molar-refractivity contribution in [3.63, 3.8) is 0 Å². The summed E-state index contributed by atoms with van der Waals surface area (Å²) in [6.07, 6.45) is 1.20. The Morgan fingerprint density at radius 2 is 1.71 bits per heavy atom. The zero-order valence-electron chi connectivity index (χ0n) is 14.3. The number of aryl methyl sites for hydroxylation is 2. The molecular formula is C18H22N2O3S. The highest BCUT2D eigenvalue weighted by molar-refractivity contribution is 7.92. The molecule has 0 spiro atoms. The van der Waals surface area contributed by atoms with Crippen molar-refractivity contribution in [2.45, 2.75) is 20.4 Å². The molecule has 24 heavy (non-hydrogen) atoms. The normalized spacial score (nSPS) is 11.2. The molecular weight excluding hydrogens is 324 g/mol. The van der Waals surface area contributed by atoms with Crippen LogP contribution in [0, 0.1) is 13.8 Å². The van der Waals surface area contributed by atoms with E-state index in [-0.39, 0.29) is 12.5 Å². The smallest absolute Gasteiger partial charge is 0.251 e. The van der Waals surface area contributed by atoms with Crippen LogP contribution in [0.15, 0.2) is 42.5 Å². The van der Waals surface area contributed by atoms with Crippen molar-refractivity contribution in [3.05, 3.63) is 64.7 Å². The molecule has 2 aromatic rings.